The number of aromatic nitrogens is 2. The Labute approximate surface area is 136 Å². The van der Waals surface area contributed by atoms with E-state index in [1.807, 2.05) is 18.1 Å². The van der Waals surface area contributed by atoms with E-state index >= 15 is 0 Å². The van der Waals surface area contributed by atoms with Crippen LogP contribution in [0.2, 0.25) is 5.15 Å². The number of ether oxygens (including phenoxy) is 1. The summed E-state index contributed by atoms with van der Waals surface area (Å²) in [6.45, 7) is 8.79. The summed E-state index contributed by atoms with van der Waals surface area (Å²) >= 11 is 6.17. The number of likely N-dealkylation sites (N-methyl/N-ethyl adjacent to an activating group) is 1. The summed E-state index contributed by atoms with van der Waals surface area (Å²) in [6, 6.07) is 0. The first kappa shape index (κ1) is 15.4. The van der Waals surface area contributed by atoms with Crippen LogP contribution in [-0.2, 0) is 11.3 Å². The Morgan fingerprint density at radius 3 is 2.82 bits per heavy atom. The Hall–Kier alpha value is -1.52. The SMILES string of the molecule is C=C1C(C)=CC(c2nc(Cl)cn2CC2CCOCC2)=CN1C. The summed E-state index contributed by atoms with van der Waals surface area (Å²) in [5.74, 6) is 1.55. The molecule has 0 saturated carbocycles. The second-order valence-corrected chi connectivity index (χ2v) is 6.45. The van der Waals surface area contributed by atoms with Crippen LogP contribution in [0.4, 0.5) is 0 Å². The van der Waals surface area contributed by atoms with Gasteiger partial charge in [0, 0.05) is 50.5 Å². The van der Waals surface area contributed by atoms with Crippen molar-refractivity contribution in [2.45, 2.75) is 26.3 Å². The fourth-order valence-electron chi connectivity index (χ4n) is 3.00. The third kappa shape index (κ3) is 3.13. The molecule has 5 heteroatoms. The van der Waals surface area contributed by atoms with Gasteiger partial charge >= 0.3 is 0 Å². The number of hydrogen-bond acceptors (Lipinski definition) is 3. The van der Waals surface area contributed by atoms with E-state index in [-0.39, 0.29) is 0 Å². The van der Waals surface area contributed by atoms with Crippen LogP contribution in [0.3, 0.4) is 0 Å². The molecule has 3 heterocycles. The van der Waals surface area contributed by atoms with Crippen LogP contribution in [0.1, 0.15) is 25.6 Å². The fourth-order valence-corrected chi connectivity index (χ4v) is 3.20. The number of halogens is 1. The van der Waals surface area contributed by atoms with E-state index in [1.165, 1.54) is 0 Å². The average Bonchev–Trinajstić information content (AvgIpc) is 2.86. The van der Waals surface area contributed by atoms with Crippen LogP contribution in [0, 0.1) is 5.92 Å². The molecule has 0 radical (unpaired) electrons. The van der Waals surface area contributed by atoms with E-state index in [0.29, 0.717) is 11.1 Å². The maximum absolute atomic E-state index is 6.17. The fraction of sp³-hybridized carbons (Fsp3) is 0.471. The minimum absolute atomic E-state index is 0.543. The predicted octanol–water partition coefficient (Wildman–Crippen LogP) is 3.71. The van der Waals surface area contributed by atoms with Gasteiger partial charge in [-0.25, -0.2) is 4.98 Å². The maximum Gasteiger partial charge on any atom is 0.147 e. The first-order valence-electron chi connectivity index (χ1n) is 7.67. The van der Waals surface area contributed by atoms with Gasteiger partial charge in [0.05, 0.1) is 0 Å². The van der Waals surface area contributed by atoms with E-state index in [0.717, 1.165) is 55.3 Å². The quantitative estimate of drug-likeness (QED) is 0.851. The van der Waals surface area contributed by atoms with Crippen molar-refractivity contribution in [1.29, 1.82) is 0 Å². The van der Waals surface area contributed by atoms with Crippen molar-refractivity contribution in [2.75, 3.05) is 20.3 Å². The summed E-state index contributed by atoms with van der Waals surface area (Å²) < 4.78 is 7.62. The standard InChI is InChI=1S/C17H22ClN3O/c1-12-8-15(10-20(3)13(12)2)17-19-16(18)11-21(17)9-14-4-6-22-7-5-14/h8,10-11,14H,2,4-7,9H2,1,3H3. The monoisotopic (exact) mass is 319 g/mol. The second-order valence-electron chi connectivity index (χ2n) is 6.06. The van der Waals surface area contributed by atoms with Gasteiger partial charge in [-0.15, -0.1) is 0 Å². The lowest BCUT2D eigenvalue weighted by Gasteiger charge is -2.26. The first-order valence-corrected chi connectivity index (χ1v) is 8.05. The lowest BCUT2D eigenvalue weighted by molar-refractivity contribution is 0.0612. The van der Waals surface area contributed by atoms with E-state index in [9.17, 15) is 0 Å². The second kappa shape index (κ2) is 6.31. The summed E-state index contributed by atoms with van der Waals surface area (Å²) in [7, 11) is 2.01. The molecule has 0 atom stereocenters. The van der Waals surface area contributed by atoms with Crippen LogP contribution in [0.5, 0.6) is 0 Å². The van der Waals surface area contributed by atoms with Crippen molar-refractivity contribution >= 4 is 17.2 Å². The molecule has 0 aliphatic carbocycles. The molecular weight excluding hydrogens is 298 g/mol. The number of hydrogen-bond donors (Lipinski definition) is 0. The van der Waals surface area contributed by atoms with Crippen molar-refractivity contribution in [2.24, 2.45) is 5.92 Å². The Bertz CT molecular complexity index is 638. The number of allylic oxidation sites excluding steroid dienone is 3. The number of nitrogens with zero attached hydrogens (tertiary/aromatic N) is 3. The van der Waals surface area contributed by atoms with Gasteiger partial charge in [-0.05, 0) is 37.3 Å². The molecule has 22 heavy (non-hydrogen) atoms. The molecule has 3 rings (SSSR count). The van der Waals surface area contributed by atoms with Gasteiger partial charge in [0.25, 0.3) is 0 Å². The smallest absolute Gasteiger partial charge is 0.147 e. The van der Waals surface area contributed by atoms with Crippen LogP contribution in [0.25, 0.3) is 5.57 Å². The summed E-state index contributed by atoms with van der Waals surface area (Å²) in [6.07, 6.45) is 8.31. The zero-order chi connectivity index (χ0) is 15.7. The molecule has 0 spiro atoms. The Kier molecular flexibility index (Phi) is 4.41. The van der Waals surface area contributed by atoms with Crippen molar-refractivity contribution < 1.29 is 4.74 Å². The minimum Gasteiger partial charge on any atom is -0.381 e. The molecule has 1 saturated heterocycles. The zero-order valence-corrected chi connectivity index (χ0v) is 13.9. The third-order valence-corrected chi connectivity index (χ3v) is 4.57. The van der Waals surface area contributed by atoms with Gasteiger partial charge < -0.3 is 14.2 Å². The van der Waals surface area contributed by atoms with Crippen molar-refractivity contribution in [3.05, 3.63) is 47.3 Å². The van der Waals surface area contributed by atoms with Gasteiger partial charge in [-0.3, -0.25) is 0 Å². The molecular formula is C17H22ClN3O. The molecule has 0 bridgehead atoms. The highest BCUT2D eigenvalue weighted by molar-refractivity contribution is 6.29. The zero-order valence-electron chi connectivity index (χ0n) is 13.2. The summed E-state index contributed by atoms with van der Waals surface area (Å²) in [5.41, 5.74) is 3.24. The third-order valence-electron chi connectivity index (χ3n) is 4.39. The Morgan fingerprint density at radius 1 is 1.41 bits per heavy atom. The van der Waals surface area contributed by atoms with Gasteiger partial charge in [-0.1, -0.05) is 18.2 Å². The molecule has 1 fully saturated rings. The van der Waals surface area contributed by atoms with E-state index in [4.69, 9.17) is 16.3 Å². The highest BCUT2D eigenvalue weighted by Gasteiger charge is 2.20. The van der Waals surface area contributed by atoms with Crippen LogP contribution < -0.4 is 0 Å². The molecule has 1 aromatic heterocycles. The van der Waals surface area contributed by atoms with Gasteiger partial charge in [-0.2, -0.15) is 0 Å². The minimum atomic E-state index is 0.543. The Balaban J connectivity index is 1.88. The van der Waals surface area contributed by atoms with Crippen LogP contribution >= 0.6 is 11.6 Å². The van der Waals surface area contributed by atoms with Crippen molar-refractivity contribution in [3.63, 3.8) is 0 Å². The average molecular weight is 320 g/mol. The molecule has 0 aromatic carbocycles. The van der Waals surface area contributed by atoms with Crippen LogP contribution in [-0.4, -0.2) is 34.7 Å². The molecule has 1 aromatic rings. The van der Waals surface area contributed by atoms with Gasteiger partial charge in [0.2, 0.25) is 0 Å². The van der Waals surface area contributed by atoms with Gasteiger partial charge in [0.1, 0.15) is 11.0 Å². The topological polar surface area (TPSA) is 30.3 Å². The predicted molar refractivity (Wildman–Crippen MR) is 89.4 cm³/mol. The highest BCUT2D eigenvalue weighted by Crippen LogP contribution is 2.29. The summed E-state index contributed by atoms with van der Waals surface area (Å²) in [4.78, 5) is 6.56. The first-order chi connectivity index (χ1) is 10.5. The number of imidazole rings is 1. The van der Waals surface area contributed by atoms with E-state index in [2.05, 4.69) is 35.3 Å². The number of rotatable bonds is 3. The summed E-state index contributed by atoms with van der Waals surface area (Å²) in [5, 5.41) is 0.543. The normalized spacial score (nSPS) is 20.1. The van der Waals surface area contributed by atoms with E-state index < -0.39 is 0 Å². The molecule has 2 aliphatic heterocycles. The molecule has 0 unspecified atom stereocenters. The van der Waals surface area contributed by atoms with Gasteiger partial charge in [0.15, 0.2) is 0 Å². The lowest BCUT2D eigenvalue weighted by atomic mass is 10.00. The maximum atomic E-state index is 6.17. The molecule has 2 aliphatic rings. The molecule has 118 valence electrons. The van der Waals surface area contributed by atoms with Crippen molar-refractivity contribution in [1.82, 2.24) is 14.5 Å². The molecule has 0 N–H and O–H groups in total. The largest absolute Gasteiger partial charge is 0.381 e. The van der Waals surface area contributed by atoms with Crippen molar-refractivity contribution in [3.8, 4) is 0 Å². The van der Waals surface area contributed by atoms with E-state index in [1.54, 1.807) is 0 Å². The molecule has 4 nitrogen and oxygen atoms in total. The van der Waals surface area contributed by atoms with Crippen LogP contribution in [0.15, 0.2) is 36.3 Å². The Morgan fingerprint density at radius 2 is 2.14 bits per heavy atom. The lowest BCUT2D eigenvalue weighted by Crippen LogP contribution is -2.21. The molecule has 0 amide bonds. The highest BCUT2D eigenvalue weighted by atomic mass is 35.5.